The number of hydrogen-bond donors (Lipinski definition) is 1. The summed E-state index contributed by atoms with van der Waals surface area (Å²) in [6.45, 7) is 3.19. The lowest BCUT2D eigenvalue weighted by Crippen LogP contribution is -2.46. The molecule has 0 bridgehead atoms. The molecule has 4 rings (SSSR count). The van der Waals surface area contributed by atoms with Crippen molar-refractivity contribution in [1.29, 1.82) is 0 Å². The molecule has 0 radical (unpaired) electrons. The molecule has 138 valence electrons. The molecule has 2 amide bonds. The fourth-order valence-corrected chi connectivity index (χ4v) is 3.41. The first-order chi connectivity index (χ1) is 13.1. The second kappa shape index (κ2) is 7.19. The molecule has 1 aliphatic rings. The Labute approximate surface area is 157 Å². The molecule has 1 fully saturated rings. The summed E-state index contributed by atoms with van der Waals surface area (Å²) >= 11 is 0. The molecule has 0 atom stereocenters. The van der Waals surface area contributed by atoms with Gasteiger partial charge in [-0.3, -0.25) is 14.6 Å². The summed E-state index contributed by atoms with van der Waals surface area (Å²) in [5.41, 5.74) is 2.83. The molecule has 4 heterocycles. The SMILES string of the molecule is Cc1cccc2nc(C(=O)N3CCC(NC(=O)c4cccnc4)CC3)cn12. The van der Waals surface area contributed by atoms with E-state index in [2.05, 4.69) is 15.3 Å². The van der Waals surface area contributed by atoms with E-state index in [4.69, 9.17) is 0 Å². The number of aromatic nitrogens is 3. The van der Waals surface area contributed by atoms with E-state index in [0.717, 1.165) is 24.2 Å². The number of hydrogen-bond acceptors (Lipinski definition) is 4. The summed E-state index contributed by atoms with van der Waals surface area (Å²) in [6, 6.07) is 9.36. The van der Waals surface area contributed by atoms with Crippen LogP contribution in [0.1, 0.15) is 39.4 Å². The lowest BCUT2D eigenvalue weighted by atomic mass is 10.0. The van der Waals surface area contributed by atoms with Crippen molar-refractivity contribution in [2.45, 2.75) is 25.8 Å². The molecule has 0 aliphatic carbocycles. The van der Waals surface area contributed by atoms with E-state index in [9.17, 15) is 9.59 Å². The monoisotopic (exact) mass is 363 g/mol. The highest BCUT2D eigenvalue weighted by Crippen LogP contribution is 2.16. The maximum absolute atomic E-state index is 12.8. The normalized spacial score (nSPS) is 15.1. The van der Waals surface area contributed by atoms with Gasteiger partial charge in [0.1, 0.15) is 11.3 Å². The van der Waals surface area contributed by atoms with Crippen molar-refractivity contribution in [2.75, 3.05) is 13.1 Å². The fourth-order valence-electron chi connectivity index (χ4n) is 3.41. The number of aryl methyl sites for hydroxylation is 1. The molecule has 27 heavy (non-hydrogen) atoms. The standard InChI is InChI=1S/C20H21N5O2/c1-14-4-2-6-18-23-17(13-25(14)18)20(27)24-10-7-16(8-11-24)22-19(26)15-5-3-9-21-12-15/h2-6,9,12-13,16H,7-8,10-11H2,1H3,(H,22,26). The van der Waals surface area contributed by atoms with Gasteiger partial charge in [-0.25, -0.2) is 4.98 Å². The quantitative estimate of drug-likeness (QED) is 0.773. The van der Waals surface area contributed by atoms with Crippen LogP contribution in [0.15, 0.2) is 48.9 Å². The lowest BCUT2D eigenvalue weighted by Gasteiger charge is -2.32. The minimum Gasteiger partial charge on any atom is -0.349 e. The summed E-state index contributed by atoms with van der Waals surface area (Å²) in [4.78, 5) is 35.3. The number of nitrogens with one attached hydrogen (secondary N) is 1. The average Bonchev–Trinajstić information content (AvgIpc) is 3.14. The number of carbonyl (C=O) groups is 2. The van der Waals surface area contributed by atoms with Gasteiger partial charge >= 0.3 is 0 Å². The van der Waals surface area contributed by atoms with Crippen molar-refractivity contribution in [1.82, 2.24) is 24.6 Å². The molecule has 1 aliphatic heterocycles. The molecule has 7 heteroatoms. The van der Waals surface area contributed by atoms with Gasteiger partial charge in [0.2, 0.25) is 0 Å². The zero-order valence-electron chi connectivity index (χ0n) is 15.1. The van der Waals surface area contributed by atoms with E-state index in [1.54, 1.807) is 30.7 Å². The zero-order valence-corrected chi connectivity index (χ0v) is 15.1. The minimum absolute atomic E-state index is 0.0601. The Morgan fingerprint density at radius 2 is 1.96 bits per heavy atom. The summed E-state index contributed by atoms with van der Waals surface area (Å²) < 4.78 is 1.92. The van der Waals surface area contributed by atoms with Gasteiger partial charge in [-0.05, 0) is 44.0 Å². The van der Waals surface area contributed by atoms with Crippen molar-refractivity contribution < 1.29 is 9.59 Å². The predicted molar refractivity (Wildman–Crippen MR) is 101 cm³/mol. The van der Waals surface area contributed by atoms with Crippen LogP contribution in [0.2, 0.25) is 0 Å². The number of amides is 2. The number of fused-ring (bicyclic) bond motifs is 1. The summed E-state index contributed by atoms with van der Waals surface area (Å²) in [5, 5.41) is 3.03. The van der Waals surface area contributed by atoms with Crippen molar-refractivity contribution in [3.8, 4) is 0 Å². The van der Waals surface area contributed by atoms with Gasteiger partial charge in [0.05, 0.1) is 5.56 Å². The van der Waals surface area contributed by atoms with Crippen LogP contribution in [0, 0.1) is 6.92 Å². The van der Waals surface area contributed by atoms with E-state index in [1.165, 1.54) is 0 Å². The number of imidazole rings is 1. The first-order valence-corrected chi connectivity index (χ1v) is 9.07. The minimum atomic E-state index is -0.122. The molecular weight excluding hydrogens is 342 g/mol. The molecule has 3 aromatic heterocycles. The highest BCUT2D eigenvalue weighted by atomic mass is 16.2. The lowest BCUT2D eigenvalue weighted by molar-refractivity contribution is 0.0693. The molecule has 1 N–H and O–H groups in total. The van der Waals surface area contributed by atoms with Crippen LogP contribution in [0.4, 0.5) is 0 Å². The third-order valence-electron chi connectivity index (χ3n) is 4.96. The van der Waals surface area contributed by atoms with Gasteiger partial charge < -0.3 is 14.6 Å². The van der Waals surface area contributed by atoms with Gasteiger partial charge in [0.25, 0.3) is 11.8 Å². The van der Waals surface area contributed by atoms with Crippen molar-refractivity contribution in [3.63, 3.8) is 0 Å². The van der Waals surface area contributed by atoms with Crippen LogP contribution in [0.25, 0.3) is 5.65 Å². The van der Waals surface area contributed by atoms with Gasteiger partial charge in [0.15, 0.2) is 0 Å². The number of nitrogens with zero attached hydrogens (tertiary/aromatic N) is 4. The van der Waals surface area contributed by atoms with Crippen LogP contribution >= 0.6 is 0 Å². The first kappa shape index (κ1) is 17.2. The van der Waals surface area contributed by atoms with E-state index < -0.39 is 0 Å². The topological polar surface area (TPSA) is 79.6 Å². The van der Waals surface area contributed by atoms with Crippen molar-refractivity contribution in [2.24, 2.45) is 0 Å². The maximum Gasteiger partial charge on any atom is 0.274 e. The third-order valence-corrected chi connectivity index (χ3v) is 4.96. The van der Waals surface area contributed by atoms with Crippen LogP contribution in [-0.2, 0) is 0 Å². The molecule has 0 unspecified atom stereocenters. The highest BCUT2D eigenvalue weighted by Gasteiger charge is 2.26. The molecule has 7 nitrogen and oxygen atoms in total. The first-order valence-electron chi connectivity index (χ1n) is 9.07. The number of pyridine rings is 2. The van der Waals surface area contributed by atoms with Crippen LogP contribution in [-0.4, -0.2) is 50.2 Å². The Morgan fingerprint density at radius 1 is 1.15 bits per heavy atom. The zero-order chi connectivity index (χ0) is 18.8. The second-order valence-electron chi connectivity index (χ2n) is 6.80. The molecule has 1 saturated heterocycles. The van der Waals surface area contributed by atoms with E-state index in [0.29, 0.717) is 24.3 Å². The molecule has 0 saturated carbocycles. The second-order valence-corrected chi connectivity index (χ2v) is 6.80. The average molecular weight is 363 g/mol. The van der Waals surface area contributed by atoms with Gasteiger partial charge in [-0.1, -0.05) is 6.07 Å². The van der Waals surface area contributed by atoms with Gasteiger partial charge in [-0.15, -0.1) is 0 Å². The van der Waals surface area contributed by atoms with E-state index in [-0.39, 0.29) is 17.9 Å². The molecule has 0 aromatic carbocycles. The summed E-state index contributed by atoms with van der Waals surface area (Å²) in [5.74, 6) is -0.182. The highest BCUT2D eigenvalue weighted by molar-refractivity contribution is 5.94. The van der Waals surface area contributed by atoms with Crippen LogP contribution < -0.4 is 5.32 Å². The summed E-state index contributed by atoms with van der Waals surface area (Å²) in [6.07, 6.45) is 6.44. The Balaban J connectivity index is 1.37. The third kappa shape index (κ3) is 3.53. The smallest absolute Gasteiger partial charge is 0.274 e. The maximum atomic E-state index is 12.8. The van der Waals surface area contributed by atoms with Crippen LogP contribution in [0.5, 0.6) is 0 Å². The van der Waals surface area contributed by atoms with Gasteiger partial charge in [0, 0.05) is 43.4 Å². The molecule has 3 aromatic rings. The number of rotatable bonds is 3. The largest absolute Gasteiger partial charge is 0.349 e. The van der Waals surface area contributed by atoms with E-state index >= 15 is 0 Å². The Kier molecular flexibility index (Phi) is 4.58. The Bertz CT molecular complexity index is 974. The number of piperidine rings is 1. The number of carbonyl (C=O) groups excluding carboxylic acids is 2. The predicted octanol–water partition coefficient (Wildman–Crippen LogP) is 2.07. The number of likely N-dealkylation sites (tertiary alicyclic amines) is 1. The Hall–Kier alpha value is -3.22. The fraction of sp³-hybridized carbons (Fsp3) is 0.300. The molecular formula is C20H21N5O2. The van der Waals surface area contributed by atoms with Crippen LogP contribution in [0.3, 0.4) is 0 Å². The van der Waals surface area contributed by atoms with Gasteiger partial charge in [-0.2, -0.15) is 0 Å². The van der Waals surface area contributed by atoms with E-state index in [1.807, 2.05) is 34.4 Å². The van der Waals surface area contributed by atoms with Crippen molar-refractivity contribution >= 4 is 17.5 Å². The summed E-state index contributed by atoms with van der Waals surface area (Å²) in [7, 11) is 0. The molecule has 0 spiro atoms. The van der Waals surface area contributed by atoms with Crippen molar-refractivity contribution in [3.05, 3.63) is 65.9 Å². The Morgan fingerprint density at radius 3 is 2.67 bits per heavy atom.